The van der Waals surface area contributed by atoms with E-state index in [0.29, 0.717) is 30.6 Å². The zero-order chi connectivity index (χ0) is 16.1. The fraction of sp³-hybridized carbons (Fsp3) is 0.588. The van der Waals surface area contributed by atoms with Crippen molar-refractivity contribution in [3.05, 3.63) is 30.1 Å². The summed E-state index contributed by atoms with van der Waals surface area (Å²) in [5.41, 5.74) is 0. The van der Waals surface area contributed by atoms with Gasteiger partial charge in [-0.2, -0.15) is 0 Å². The van der Waals surface area contributed by atoms with Crippen molar-refractivity contribution < 1.29 is 13.9 Å². The molecule has 0 radical (unpaired) electrons. The van der Waals surface area contributed by atoms with Crippen molar-refractivity contribution in [2.45, 2.75) is 43.9 Å². The normalized spacial score (nSPS) is 25.2. The van der Waals surface area contributed by atoms with Crippen LogP contribution in [0.2, 0.25) is 0 Å². The van der Waals surface area contributed by atoms with Crippen molar-refractivity contribution in [3.8, 4) is 5.75 Å². The molecule has 2 fully saturated rings. The van der Waals surface area contributed by atoms with Crippen LogP contribution in [0.4, 0.5) is 4.39 Å². The number of ether oxygens (including phenoxy) is 2. The number of hydrogen-bond acceptors (Lipinski definition) is 3. The summed E-state index contributed by atoms with van der Waals surface area (Å²) < 4.78 is 24.2. The Balaban J connectivity index is 0.00000208. The molecule has 2 aliphatic rings. The summed E-state index contributed by atoms with van der Waals surface area (Å²) in [6, 6.07) is 6.44. The van der Waals surface area contributed by atoms with Crippen LogP contribution in [0.15, 0.2) is 29.3 Å². The highest BCUT2D eigenvalue weighted by Gasteiger charge is 2.41. The first-order valence-corrected chi connectivity index (χ1v) is 8.25. The molecule has 7 heteroatoms. The van der Waals surface area contributed by atoms with Crippen LogP contribution >= 0.6 is 24.0 Å². The molecule has 0 amide bonds. The molecule has 2 saturated heterocycles. The van der Waals surface area contributed by atoms with E-state index in [-0.39, 0.29) is 29.8 Å². The van der Waals surface area contributed by atoms with Gasteiger partial charge in [-0.1, -0.05) is 0 Å². The van der Waals surface area contributed by atoms with Crippen LogP contribution in [-0.2, 0) is 4.74 Å². The number of aliphatic imine (C=N–C) groups is 1. The lowest BCUT2D eigenvalue weighted by Crippen LogP contribution is -2.47. The summed E-state index contributed by atoms with van der Waals surface area (Å²) in [6.45, 7) is 1.34. The number of hydrogen-bond donors (Lipinski definition) is 2. The number of nitrogens with zero attached hydrogens (tertiary/aromatic N) is 1. The molecule has 0 aromatic heterocycles. The molecule has 24 heavy (non-hydrogen) atoms. The zero-order valence-corrected chi connectivity index (χ0v) is 16.2. The third-order valence-corrected chi connectivity index (χ3v) is 4.35. The van der Waals surface area contributed by atoms with Gasteiger partial charge in [-0.25, -0.2) is 4.39 Å². The lowest BCUT2D eigenvalue weighted by atomic mass is 9.96. The van der Waals surface area contributed by atoms with E-state index < -0.39 is 0 Å². The fourth-order valence-electron chi connectivity index (χ4n) is 3.16. The second-order valence-corrected chi connectivity index (χ2v) is 6.02. The molecule has 0 spiro atoms. The van der Waals surface area contributed by atoms with Crippen LogP contribution in [0, 0.1) is 5.82 Å². The minimum atomic E-state index is -0.251. The van der Waals surface area contributed by atoms with E-state index in [1.165, 1.54) is 18.6 Å². The molecule has 5 nitrogen and oxygen atoms in total. The van der Waals surface area contributed by atoms with Crippen molar-refractivity contribution >= 4 is 29.9 Å². The van der Waals surface area contributed by atoms with Crippen molar-refractivity contribution in [3.63, 3.8) is 0 Å². The average Bonchev–Trinajstić information content (AvgIpc) is 3.18. The standard InChI is InChI=1S/C17H24FN3O2.HI/c1-19-17(21-15-11-14-7-8-16(15)23-14)20-9-2-10-22-13-5-3-12(18)4-6-13;/h3-6,14-16H,2,7-11H2,1H3,(H2,19,20,21);1H. The third-order valence-electron chi connectivity index (χ3n) is 4.35. The minimum Gasteiger partial charge on any atom is -0.494 e. The Morgan fingerprint density at radius 3 is 2.75 bits per heavy atom. The van der Waals surface area contributed by atoms with Gasteiger partial charge in [0.15, 0.2) is 5.96 Å². The Morgan fingerprint density at radius 1 is 1.33 bits per heavy atom. The highest BCUT2D eigenvalue weighted by atomic mass is 127. The summed E-state index contributed by atoms with van der Waals surface area (Å²) in [5, 5.41) is 6.74. The predicted molar refractivity (Wildman–Crippen MR) is 103 cm³/mol. The van der Waals surface area contributed by atoms with Crippen molar-refractivity contribution in [2.75, 3.05) is 20.2 Å². The molecule has 3 rings (SSSR count). The largest absolute Gasteiger partial charge is 0.494 e. The Labute approximate surface area is 159 Å². The maximum Gasteiger partial charge on any atom is 0.191 e. The topological polar surface area (TPSA) is 54.9 Å². The molecule has 2 heterocycles. The van der Waals surface area contributed by atoms with Crippen molar-refractivity contribution in [1.82, 2.24) is 10.6 Å². The molecular formula is C17H25FIN3O2. The maximum absolute atomic E-state index is 12.8. The van der Waals surface area contributed by atoms with Gasteiger partial charge in [-0.3, -0.25) is 4.99 Å². The molecule has 2 bridgehead atoms. The van der Waals surface area contributed by atoms with Crippen LogP contribution in [0.25, 0.3) is 0 Å². The van der Waals surface area contributed by atoms with Crippen LogP contribution in [0.1, 0.15) is 25.7 Å². The summed E-state index contributed by atoms with van der Waals surface area (Å²) in [4.78, 5) is 4.26. The SMILES string of the molecule is CN=C(NCCCOc1ccc(F)cc1)NC1CC2CCC1O2.I. The van der Waals surface area contributed by atoms with E-state index in [1.54, 1.807) is 19.2 Å². The van der Waals surface area contributed by atoms with Crippen molar-refractivity contribution in [2.24, 2.45) is 4.99 Å². The summed E-state index contributed by atoms with van der Waals surface area (Å²) in [5.74, 6) is 1.25. The third kappa shape index (κ3) is 5.20. The van der Waals surface area contributed by atoms with Crippen LogP contribution in [0.5, 0.6) is 5.75 Å². The number of fused-ring (bicyclic) bond motifs is 2. The molecule has 3 atom stereocenters. The molecule has 2 N–H and O–H groups in total. The van der Waals surface area contributed by atoms with Gasteiger partial charge in [-0.05, 0) is 49.9 Å². The van der Waals surface area contributed by atoms with Crippen LogP contribution in [0.3, 0.4) is 0 Å². The summed E-state index contributed by atoms with van der Waals surface area (Å²) in [6.07, 6.45) is 5.00. The molecule has 0 aliphatic carbocycles. The van der Waals surface area contributed by atoms with E-state index in [2.05, 4.69) is 15.6 Å². The highest BCUT2D eigenvalue weighted by molar-refractivity contribution is 14.0. The van der Waals surface area contributed by atoms with E-state index in [0.717, 1.165) is 31.8 Å². The second kappa shape index (κ2) is 9.41. The van der Waals surface area contributed by atoms with Gasteiger partial charge in [0.1, 0.15) is 11.6 Å². The molecule has 1 aromatic rings. The minimum absolute atomic E-state index is 0. The van der Waals surface area contributed by atoms with Gasteiger partial charge in [0.2, 0.25) is 0 Å². The zero-order valence-electron chi connectivity index (χ0n) is 13.8. The molecule has 0 saturated carbocycles. The van der Waals surface area contributed by atoms with E-state index >= 15 is 0 Å². The lowest BCUT2D eigenvalue weighted by molar-refractivity contribution is 0.0992. The van der Waals surface area contributed by atoms with Gasteiger partial charge < -0.3 is 20.1 Å². The first-order valence-electron chi connectivity index (χ1n) is 8.25. The van der Waals surface area contributed by atoms with Gasteiger partial charge in [0.05, 0.1) is 24.9 Å². The van der Waals surface area contributed by atoms with E-state index in [1.807, 2.05) is 0 Å². The quantitative estimate of drug-likeness (QED) is 0.304. The lowest BCUT2D eigenvalue weighted by Gasteiger charge is -2.22. The van der Waals surface area contributed by atoms with Crippen LogP contribution in [-0.4, -0.2) is 44.4 Å². The molecule has 2 aliphatic heterocycles. The summed E-state index contributed by atoms with van der Waals surface area (Å²) in [7, 11) is 1.78. The Kier molecular flexibility index (Phi) is 7.54. The first-order chi connectivity index (χ1) is 11.2. The molecular weight excluding hydrogens is 424 g/mol. The van der Waals surface area contributed by atoms with E-state index in [4.69, 9.17) is 9.47 Å². The maximum atomic E-state index is 12.8. The van der Waals surface area contributed by atoms with Crippen LogP contribution < -0.4 is 15.4 Å². The number of guanidine groups is 1. The van der Waals surface area contributed by atoms with Gasteiger partial charge in [0.25, 0.3) is 0 Å². The van der Waals surface area contributed by atoms with E-state index in [9.17, 15) is 4.39 Å². The Morgan fingerprint density at radius 2 is 2.12 bits per heavy atom. The Hall–Kier alpha value is -1.09. The number of benzene rings is 1. The predicted octanol–water partition coefficient (Wildman–Crippen LogP) is 2.70. The Bertz CT molecular complexity index is 541. The summed E-state index contributed by atoms with van der Waals surface area (Å²) >= 11 is 0. The number of halogens is 2. The van der Waals surface area contributed by atoms with Gasteiger partial charge in [0, 0.05) is 13.6 Å². The van der Waals surface area contributed by atoms with Gasteiger partial charge in [-0.15, -0.1) is 24.0 Å². The fourth-order valence-corrected chi connectivity index (χ4v) is 3.16. The average molecular weight is 449 g/mol. The first kappa shape index (κ1) is 19.2. The molecule has 1 aromatic carbocycles. The monoisotopic (exact) mass is 449 g/mol. The second-order valence-electron chi connectivity index (χ2n) is 6.02. The van der Waals surface area contributed by atoms with Gasteiger partial charge >= 0.3 is 0 Å². The number of rotatable bonds is 6. The number of nitrogens with one attached hydrogen (secondary N) is 2. The van der Waals surface area contributed by atoms with Crippen molar-refractivity contribution in [1.29, 1.82) is 0 Å². The smallest absolute Gasteiger partial charge is 0.191 e. The highest BCUT2D eigenvalue weighted by Crippen LogP contribution is 2.34. The molecule has 134 valence electrons. The molecule has 3 unspecified atom stereocenters.